The number of hydrogen-bond donors (Lipinski definition) is 4. The highest BCUT2D eigenvalue weighted by Gasteiger charge is 2.11. The molecule has 0 radical (unpaired) electrons. The molecule has 0 saturated heterocycles. The van der Waals surface area contributed by atoms with E-state index in [0.29, 0.717) is 28.1 Å². The highest BCUT2D eigenvalue weighted by atomic mass is 32.1. The fourth-order valence-corrected chi connectivity index (χ4v) is 3.01. The highest BCUT2D eigenvalue weighted by Crippen LogP contribution is 2.14. The van der Waals surface area contributed by atoms with Crippen molar-refractivity contribution in [1.29, 1.82) is 0 Å². The number of nitrogens with one attached hydrogen (secondary N) is 4. The molecule has 3 rings (SSSR count). The molecular formula is C24H22N4O4S. The van der Waals surface area contributed by atoms with Gasteiger partial charge >= 0.3 is 0 Å². The molecule has 0 fully saturated rings. The van der Waals surface area contributed by atoms with Gasteiger partial charge < -0.3 is 10.1 Å². The average Bonchev–Trinajstić information content (AvgIpc) is 2.83. The van der Waals surface area contributed by atoms with Crippen molar-refractivity contribution in [1.82, 2.24) is 16.2 Å². The van der Waals surface area contributed by atoms with Crippen molar-refractivity contribution in [2.75, 3.05) is 12.4 Å². The minimum atomic E-state index is -0.465. The smallest absolute Gasteiger partial charge is 0.269 e. The van der Waals surface area contributed by atoms with Gasteiger partial charge in [0.15, 0.2) is 5.11 Å². The highest BCUT2D eigenvalue weighted by molar-refractivity contribution is 7.80. The number of ether oxygens (including phenoxy) is 1. The van der Waals surface area contributed by atoms with Crippen molar-refractivity contribution < 1.29 is 19.1 Å². The summed E-state index contributed by atoms with van der Waals surface area (Å²) in [5, 5.41) is 5.20. The van der Waals surface area contributed by atoms with E-state index < -0.39 is 11.8 Å². The molecule has 3 aromatic carbocycles. The van der Waals surface area contributed by atoms with Gasteiger partial charge in [-0.15, -0.1) is 0 Å². The first-order valence-corrected chi connectivity index (χ1v) is 10.3. The number of methoxy groups -OCH3 is 1. The van der Waals surface area contributed by atoms with Gasteiger partial charge in [0.05, 0.1) is 7.11 Å². The third-order valence-electron chi connectivity index (χ3n) is 4.66. The van der Waals surface area contributed by atoms with Crippen molar-refractivity contribution in [3.63, 3.8) is 0 Å². The van der Waals surface area contributed by atoms with Crippen LogP contribution in [0.1, 0.15) is 36.6 Å². The molecule has 0 saturated carbocycles. The Morgan fingerprint density at radius 1 is 0.758 bits per heavy atom. The third-order valence-corrected chi connectivity index (χ3v) is 4.87. The van der Waals surface area contributed by atoms with Crippen molar-refractivity contribution >= 4 is 40.7 Å². The largest absolute Gasteiger partial charge is 0.497 e. The van der Waals surface area contributed by atoms with E-state index in [0.717, 1.165) is 5.56 Å². The average molecular weight is 463 g/mol. The molecule has 0 aromatic heterocycles. The first-order chi connectivity index (χ1) is 15.9. The molecule has 0 heterocycles. The Morgan fingerprint density at radius 2 is 1.36 bits per heavy atom. The van der Waals surface area contributed by atoms with Crippen LogP contribution in [0.4, 0.5) is 5.69 Å². The van der Waals surface area contributed by atoms with E-state index in [1.54, 1.807) is 60.7 Å². The van der Waals surface area contributed by atoms with Crippen molar-refractivity contribution in [3.05, 3.63) is 95.1 Å². The molecule has 33 heavy (non-hydrogen) atoms. The standard InChI is InChI=1S/C24H22N4O4S/c1-15-5-3-4-6-20(15)23(31)25-18-11-7-17(8-12-18)22(30)27-28-24(33)26-21(29)16-9-13-19(32-2)14-10-16/h3-14H,1-2H3,(H,25,31)(H,27,30)(H2,26,28,29,33). The van der Waals surface area contributed by atoms with Gasteiger partial charge in [-0.05, 0) is 79.3 Å². The second-order valence-electron chi connectivity index (χ2n) is 6.94. The zero-order valence-electron chi connectivity index (χ0n) is 18.0. The summed E-state index contributed by atoms with van der Waals surface area (Å²) in [6.07, 6.45) is 0. The number of aryl methyl sites for hydroxylation is 1. The molecule has 0 unspecified atom stereocenters. The molecule has 8 nitrogen and oxygen atoms in total. The maximum atomic E-state index is 12.4. The number of hydrazine groups is 1. The van der Waals surface area contributed by atoms with E-state index in [4.69, 9.17) is 17.0 Å². The minimum absolute atomic E-state index is 0.0636. The quantitative estimate of drug-likeness (QED) is 0.343. The lowest BCUT2D eigenvalue weighted by Crippen LogP contribution is -2.48. The van der Waals surface area contributed by atoms with Gasteiger partial charge in [0.1, 0.15) is 5.75 Å². The van der Waals surface area contributed by atoms with Crippen LogP contribution in [0.2, 0.25) is 0 Å². The van der Waals surface area contributed by atoms with Gasteiger partial charge in [0.25, 0.3) is 17.7 Å². The van der Waals surface area contributed by atoms with E-state index in [-0.39, 0.29) is 11.0 Å². The Morgan fingerprint density at radius 3 is 2.00 bits per heavy atom. The van der Waals surface area contributed by atoms with Crippen LogP contribution >= 0.6 is 12.2 Å². The third kappa shape index (κ3) is 6.37. The lowest BCUT2D eigenvalue weighted by Gasteiger charge is -2.12. The number of benzene rings is 3. The number of anilines is 1. The summed E-state index contributed by atoms with van der Waals surface area (Å²) >= 11 is 5.04. The van der Waals surface area contributed by atoms with Gasteiger partial charge in [0, 0.05) is 22.4 Å². The number of amides is 3. The maximum Gasteiger partial charge on any atom is 0.269 e. The molecule has 0 aliphatic rings. The van der Waals surface area contributed by atoms with E-state index in [1.807, 2.05) is 19.1 Å². The summed E-state index contributed by atoms with van der Waals surface area (Å²) in [5.41, 5.74) is 7.61. The fraction of sp³-hybridized carbons (Fsp3) is 0.0833. The molecule has 0 atom stereocenters. The summed E-state index contributed by atoms with van der Waals surface area (Å²) < 4.78 is 5.05. The molecule has 3 aromatic rings. The van der Waals surface area contributed by atoms with E-state index in [1.165, 1.54) is 7.11 Å². The minimum Gasteiger partial charge on any atom is -0.497 e. The van der Waals surface area contributed by atoms with Gasteiger partial charge in [-0.25, -0.2) is 0 Å². The second kappa shape index (κ2) is 10.9. The fourth-order valence-electron chi connectivity index (χ4n) is 2.87. The van der Waals surface area contributed by atoms with Crippen LogP contribution < -0.4 is 26.2 Å². The van der Waals surface area contributed by atoms with Gasteiger partial charge in [-0.1, -0.05) is 18.2 Å². The van der Waals surface area contributed by atoms with Gasteiger partial charge in [0.2, 0.25) is 0 Å². The summed E-state index contributed by atoms with van der Waals surface area (Å²) in [4.78, 5) is 36.9. The van der Waals surface area contributed by atoms with Crippen LogP contribution in [-0.2, 0) is 0 Å². The molecule has 0 aliphatic carbocycles. The van der Waals surface area contributed by atoms with E-state index in [9.17, 15) is 14.4 Å². The number of hydrogen-bond acceptors (Lipinski definition) is 5. The summed E-state index contributed by atoms with van der Waals surface area (Å²) in [6, 6.07) is 20.1. The summed E-state index contributed by atoms with van der Waals surface area (Å²) in [6.45, 7) is 1.86. The zero-order valence-corrected chi connectivity index (χ0v) is 18.8. The van der Waals surface area contributed by atoms with Crippen molar-refractivity contribution in [3.8, 4) is 5.75 Å². The molecule has 0 bridgehead atoms. The molecule has 0 spiro atoms. The van der Waals surface area contributed by atoms with Crippen LogP contribution in [0.3, 0.4) is 0 Å². The van der Waals surface area contributed by atoms with Crippen molar-refractivity contribution in [2.24, 2.45) is 0 Å². The van der Waals surface area contributed by atoms with Gasteiger partial charge in [-0.2, -0.15) is 0 Å². The molecule has 168 valence electrons. The van der Waals surface area contributed by atoms with Crippen LogP contribution in [-0.4, -0.2) is 29.9 Å². The Kier molecular flexibility index (Phi) is 7.72. The topological polar surface area (TPSA) is 109 Å². The van der Waals surface area contributed by atoms with E-state index >= 15 is 0 Å². The molecule has 0 aliphatic heterocycles. The Labute approximate surface area is 196 Å². The first kappa shape index (κ1) is 23.4. The first-order valence-electron chi connectivity index (χ1n) is 9.90. The number of carbonyl (C=O) groups excluding carboxylic acids is 3. The monoisotopic (exact) mass is 462 g/mol. The van der Waals surface area contributed by atoms with Crippen molar-refractivity contribution in [2.45, 2.75) is 6.92 Å². The Bertz CT molecular complexity index is 1180. The van der Waals surface area contributed by atoms with Crippen LogP contribution in [0, 0.1) is 6.92 Å². The lowest BCUT2D eigenvalue weighted by molar-refractivity contribution is 0.0934. The van der Waals surface area contributed by atoms with E-state index in [2.05, 4.69) is 21.5 Å². The predicted octanol–water partition coefficient (Wildman–Crippen LogP) is 3.21. The summed E-state index contributed by atoms with van der Waals surface area (Å²) in [7, 11) is 1.53. The molecule has 9 heteroatoms. The molecule has 4 N–H and O–H groups in total. The number of thiocarbonyl (C=S) groups is 1. The second-order valence-corrected chi connectivity index (χ2v) is 7.35. The summed E-state index contributed by atoms with van der Waals surface area (Å²) in [5.74, 6) is -0.504. The molecule has 3 amide bonds. The SMILES string of the molecule is COc1ccc(C(=O)NC(=S)NNC(=O)c2ccc(NC(=O)c3ccccc3C)cc2)cc1. The lowest BCUT2D eigenvalue weighted by atomic mass is 10.1. The van der Waals surface area contributed by atoms with Crippen LogP contribution in [0.15, 0.2) is 72.8 Å². The predicted molar refractivity (Wildman–Crippen MR) is 129 cm³/mol. The molecular weight excluding hydrogens is 440 g/mol. The zero-order chi connectivity index (χ0) is 23.8. The van der Waals surface area contributed by atoms with Crippen LogP contribution in [0.5, 0.6) is 5.75 Å². The number of rotatable bonds is 5. The maximum absolute atomic E-state index is 12.4. The normalized spacial score (nSPS) is 10.0. The number of carbonyl (C=O) groups is 3. The Hall–Kier alpha value is -4.24. The Balaban J connectivity index is 1.49. The van der Waals surface area contributed by atoms with Gasteiger partial charge in [-0.3, -0.25) is 30.6 Å². The van der Waals surface area contributed by atoms with Crippen LogP contribution in [0.25, 0.3) is 0 Å².